The van der Waals surface area contributed by atoms with E-state index in [0.717, 1.165) is 14.5 Å². The number of rotatable bonds is 2. The van der Waals surface area contributed by atoms with E-state index in [0.29, 0.717) is 5.82 Å². The number of halogens is 2. The summed E-state index contributed by atoms with van der Waals surface area (Å²) in [4.78, 5) is 7.80. The van der Waals surface area contributed by atoms with Crippen molar-refractivity contribution >= 4 is 48.9 Å². The van der Waals surface area contributed by atoms with E-state index in [1.165, 1.54) is 0 Å². The molecule has 0 aliphatic carbocycles. The first kappa shape index (κ1) is 9.61. The molecule has 0 unspecified atom stereocenters. The van der Waals surface area contributed by atoms with Gasteiger partial charge in [0, 0.05) is 20.7 Å². The Labute approximate surface area is 87.7 Å². The molecule has 0 bridgehead atoms. The van der Waals surface area contributed by atoms with Gasteiger partial charge in [-0.3, -0.25) is 0 Å². The van der Waals surface area contributed by atoms with E-state index in [1.54, 1.807) is 6.20 Å². The summed E-state index contributed by atoms with van der Waals surface area (Å²) < 4.78 is 1.65. The van der Waals surface area contributed by atoms with Crippen LogP contribution in [0.4, 0.5) is 5.82 Å². The minimum Gasteiger partial charge on any atom is -0.244 e. The molecule has 1 heterocycles. The van der Waals surface area contributed by atoms with Crippen molar-refractivity contribution in [3.63, 3.8) is 0 Å². The number of aliphatic imine (C=N–C) groups is 1. The highest BCUT2D eigenvalue weighted by atomic mass is 79.9. The van der Waals surface area contributed by atoms with E-state index >= 15 is 0 Å². The SMILES string of the molecule is C=Nc1nccc(Br)c1C(=C)Br. The minimum atomic E-state index is 0.575. The van der Waals surface area contributed by atoms with Gasteiger partial charge in [-0.05, 0) is 28.7 Å². The van der Waals surface area contributed by atoms with Crippen molar-refractivity contribution in [1.82, 2.24) is 4.98 Å². The summed E-state index contributed by atoms with van der Waals surface area (Å²) in [5.74, 6) is 0.575. The molecule has 1 rings (SSSR count). The van der Waals surface area contributed by atoms with Gasteiger partial charge < -0.3 is 0 Å². The molecule has 0 spiro atoms. The van der Waals surface area contributed by atoms with Gasteiger partial charge in [-0.1, -0.05) is 22.5 Å². The second-order valence-corrected chi connectivity index (χ2v) is 3.87. The van der Waals surface area contributed by atoms with Gasteiger partial charge in [0.2, 0.25) is 0 Å². The Morgan fingerprint density at radius 2 is 2.25 bits per heavy atom. The lowest BCUT2D eigenvalue weighted by molar-refractivity contribution is 1.26. The van der Waals surface area contributed by atoms with Crippen molar-refractivity contribution in [2.24, 2.45) is 4.99 Å². The van der Waals surface area contributed by atoms with E-state index < -0.39 is 0 Å². The molecule has 0 aliphatic heterocycles. The van der Waals surface area contributed by atoms with Crippen LogP contribution in [-0.2, 0) is 0 Å². The number of pyridine rings is 1. The highest BCUT2D eigenvalue weighted by Gasteiger charge is 2.07. The molecule has 0 aliphatic rings. The van der Waals surface area contributed by atoms with Crippen molar-refractivity contribution in [2.75, 3.05) is 0 Å². The second kappa shape index (κ2) is 3.96. The first-order chi connectivity index (χ1) is 5.66. The van der Waals surface area contributed by atoms with Crippen LogP contribution < -0.4 is 0 Å². The largest absolute Gasteiger partial charge is 0.244 e. The van der Waals surface area contributed by atoms with Crippen LogP contribution in [-0.4, -0.2) is 11.7 Å². The summed E-state index contributed by atoms with van der Waals surface area (Å²) in [7, 11) is 0. The van der Waals surface area contributed by atoms with E-state index in [9.17, 15) is 0 Å². The second-order valence-electron chi connectivity index (χ2n) is 2.05. The first-order valence-corrected chi connectivity index (χ1v) is 4.71. The summed E-state index contributed by atoms with van der Waals surface area (Å²) >= 11 is 6.64. The van der Waals surface area contributed by atoms with Gasteiger partial charge in [-0.15, -0.1) is 0 Å². The van der Waals surface area contributed by atoms with E-state index in [1.807, 2.05) is 6.07 Å². The third kappa shape index (κ3) is 1.81. The van der Waals surface area contributed by atoms with Gasteiger partial charge in [0.1, 0.15) is 0 Å². The average Bonchev–Trinajstić information content (AvgIpc) is 2.03. The molecule has 0 radical (unpaired) electrons. The van der Waals surface area contributed by atoms with Crippen molar-refractivity contribution in [3.05, 3.63) is 28.9 Å². The number of nitrogens with zero attached hydrogens (tertiary/aromatic N) is 2. The average molecular weight is 290 g/mol. The first-order valence-electron chi connectivity index (χ1n) is 3.13. The van der Waals surface area contributed by atoms with Crippen LogP contribution in [0.3, 0.4) is 0 Å². The molecular formula is C8H6Br2N2. The number of aromatic nitrogens is 1. The highest BCUT2D eigenvalue weighted by molar-refractivity contribution is 9.15. The summed E-state index contributed by atoms with van der Waals surface area (Å²) in [5.41, 5.74) is 0.840. The van der Waals surface area contributed by atoms with Crippen LogP contribution in [0.1, 0.15) is 5.56 Å². The molecule has 0 N–H and O–H groups in total. The predicted molar refractivity (Wildman–Crippen MR) is 59.1 cm³/mol. The standard InChI is InChI=1S/C8H6Br2N2/c1-5(9)7-6(10)3-4-12-8(7)11-2/h3-4H,1-2H2. The van der Waals surface area contributed by atoms with Gasteiger partial charge in [0.05, 0.1) is 0 Å². The molecule has 1 aromatic heterocycles. The zero-order valence-corrected chi connectivity index (χ0v) is 9.39. The van der Waals surface area contributed by atoms with Gasteiger partial charge in [0.15, 0.2) is 5.82 Å². The molecule has 0 saturated carbocycles. The predicted octanol–water partition coefficient (Wildman–Crippen LogP) is 3.54. The van der Waals surface area contributed by atoms with E-state index in [2.05, 4.69) is 55.1 Å². The fourth-order valence-corrected chi connectivity index (χ4v) is 1.99. The van der Waals surface area contributed by atoms with E-state index in [4.69, 9.17) is 0 Å². The minimum absolute atomic E-state index is 0.575. The number of hydrogen-bond acceptors (Lipinski definition) is 2. The Hall–Kier alpha value is -0.480. The fraction of sp³-hybridized carbons (Fsp3) is 0. The van der Waals surface area contributed by atoms with Crippen LogP contribution in [0.25, 0.3) is 4.48 Å². The van der Waals surface area contributed by atoms with Crippen LogP contribution in [0.15, 0.2) is 28.3 Å². The normalized spacial score (nSPS) is 9.50. The lowest BCUT2D eigenvalue weighted by Crippen LogP contribution is -1.83. The topological polar surface area (TPSA) is 25.2 Å². The quantitative estimate of drug-likeness (QED) is 0.765. The Morgan fingerprint density at radius 3 is 2.67 bits per heavy atom. The van der Waals surface area contributed by atoms with Crippen molar-refractivity contribution in [2.45, 2.75) is 0 Å². The van der Waals surface area contributed by atoms with Crippen LogP contribution in [0.2, 0.25) is 0 Å². The molecule has 0 aromatic carbocycles. The maximum Gasteiger partial charge on any atom is 0.160 e. The Morgan fingerprint density at radius 1 is 1.58 bits per heavy atom. The molecule has 62 valence electrons. The van der Waals surface area contributed by atoms with E-state index in [-0.39, 0.29) is 0 Å². The van der Waals surface area contributed by atoms with Gasteiger partial charge in [0.25, 0.3) is 0 Å². The lowest BCUT2D eigenvalue weighted by Gasteiger charge is -2.03. The van der Waals surface area contributed by atoms with Crippen molar-refractivity contribution in [1.29, 1.82) is 0 Å². The summed E-state index contributed by atoms with van der Waals surface area (Å²) in [6, 6.07) is 1.83. The van der Waals surface area contributed by atoms with Gasteiger partial charge in [-0.25, -0.2) is 9.98 Å². The monoisotopic (exact) mass is 288 g/mol. The molecule has 0 fully saturated rings. The van der Waals surface area contributed by atoms with Crippen molar-refractivity contribution in [3.8, 4) is 0 Å². The molecule has 4 heteroatoms. The maximum atomic E-state index is 4.03. The molecule has 0 amide bonds. The molecule has 12 heavy (non-hydrogen) atoms. The Bertz CT molecular complexity index is 334. The highest BCUT2D eigenvalue weighted by Crippen LogP contribution is 2.33. The third-order valence-corrected chi connectivity index (χ3v) is 2.36. The van der Waals surface area contributed by atoms with Crippen LogP contribution >= 0.6 is 31.9 Å². The van der Waals surface area contributed by atoms with Gasteiger partial charge in [-0.2, -0.15) is 0 Å². The molecular weight excluding hydrogens is 284 g/mol. The smallest absolute Gasteiger partial charge is 0.160 e. The zero-order chi connectivity index (χ0) is 9.14. The molecule has 0 saturated heterocycles. The summed E-state index contributed by atoms with van der Waals surface area (Å²) in [6.07, 6.45) is 1.66. The van der Waals surface area contributed by atoms with Crippen LogP contribution in [0.5, 0.6) is 0 Å². The van der Waals surface area contributed by atoms with Gasteiger partial charge >= 0.3 is 0 Å². The molecule has 2 nitrogen and oxygen atoms in total. The Kier molecular flexibility index (Phi) is 3.17. The lowest BCUT2D eigenvalue weighted by atomic mass is 10.2. The third-order valence-electron chi connectivity index (χ3n) is 1.30. The fourth-order valence-electron chi connectivity index (χ4n) is 0.799. The Balaban J connectivity index is 3.39. The summed E-state index contributed by atoms with van der Waals surface area (Å²) in [5, 5.41) is 0. The molecule has 1 aromatic rings. The molecule has 0 atom stereocenters. The van der Waals surface area contributed by atoms with Crippen molar-refractivity contribution < 1.29 is 0 Å². The van der Waals surface area contributed by atoms with Crippen LogP contribution in [0, 0.1) is 0 Å². The maximum absolute atomic E-state index is 4.03. The zero-order valence-electron chi connectivity index (χ0n) is 6.22. The number of hydrogen-bond donors (Lipinski definition) is 0. The summed E-state index contributed by atoms with van der Waals surface area (Å²) in [6.45, 7) is 7.17.